The Kier molecular flexibility index (Phi) is 4.60. The zero-order chi connectivity index (χ0) is 15.6. The molecule has 1 aromatic rings. The number of halogens is 1. The first-order valence-electron chi connectivity index (χ1n) is 6.61. The van der Waals surface area contributed by atoms with E-state index >= 15 is 0 Å². The van der Waals surface area contributed by atoms with Crippen molar-refractivity contribution in [2.45, 2.75) is 24.7 Å². The van der Waals surface area contributed by atoms with E-state index in [9.17, 15) is 13.2 Å². The summed E-state index contributed by atoms with van der Waals surface area (Å²) in [6.45, 7) is 2.58. The van der Waals surface area contributed by atoms with Crippen LogP contribution in [0.2, 0.25) is 0 Å². The molecule has 112 valence electrons. The number of nitrogens with zero attached hydrogens (tertiary/aromatic N) is 1. The highest BCUT2D eigenvalue weighted by atomic mass is 35.7. The van der Waals surface area contributed by atoms with Crippen LogP contribution in [0.4, 0.5) is 0 Å². The Hall–Kier alpha value is -1.51. The van der Waals surface area contributed by atoms with Crippen molar-refractivity contribution in [3.05, 3.63) is 29.3 Å². The Morgan fingerprint density at radius 2 is 2.14 bits per heavy atom. The third-order valence-electron chi connectivity index (χ3n) is 3.47. The van der Waals surface area contributed by atoms with Crippen LogP contribution in [0.1, 0.15) is 28.8 Å². The number of amides is 1. The topological polar surface area (TPSA) is 54.5 Å². The summed E-state index contributed by atoms with van der Waals surface area (Å²) in [6, 6.07) is 4.28. The quantitative estimate of drug-likeness (QED) is 0.617. The molecule has 0 radical (unpaired) electrons. The van der Waals surface area contributed by atoms with E-state index in [2.05, 4.69) is 5.92 Å². The largest absolute Gasteiger partial charge is 0.327 e. The third kappa shape index (κ3) is 3.99. The average Bonchev–Trinajstić information content (AvgIpc) is 3.20. The van der Waals surface area contributed by atoms with Gasteiger partial charge in [-0.15, -0.1) is 6.42 Å². The van der Waals surface area contributed by atoms with Crippen LogP contribution in [0.15, 0.2) is 23.1 Å². The van der Waals surface area contributed by atoms with E-state index in [1.54, 1.807) is 17.9 Å². The smallest absolute Gasteiger partial charge is 0.261 e. The summed E-state index contributed by atoms with van der Waals surface area (Å²) >= 11 is 0. The van der Waals surface area contributed by atoms with Gasteiger partial charge in [0.15, 0.2) is 0 Å². The van der Waals surface area contributed by atoms with Crippen LogP contribution >= 0.6 is 10.7 Å². The van der Waals surface area contributed by atoms with E-state index in [4.69, 9.17) is 17.1 Å². The van der Waals surface area contributed by atoms with Crippen molar-refractivity contribution in [1.82, 2.24) is 4.90 Å². The van der Waals surface area contributed by atoms with Gasteiger partial charge in [-0.05, 0) is 43.4 Å². The lowest BCUT2D eigenvalue weighted by molar-refractivity contribution is 0.0769. The normalized spacial score (nSPS) is 14.5. The highest BCUT2D eigenvalue weighted by Gasteiger charge is 2.28. The van der Waals surface area contributed by atoms with Crippen molar-refractivity contribution >= 4 is 25.6 Å². The van der Waals surface area contributed by atoms with Gasteiger partial charge in [0.05, 0.1) is 11.4 Å². The molecule has 1 aliphatic carbocycles. The number of hydrogen-bond donors (Lipinski definition) is 0. The van der Waals surface area contributed by atoms with E-state index in [1.165, 1.54) is 12.1 Å². The molecule has 6 heteroatoms. The standard InChI is InChI=1S/C15H16ClNO3S/c1-3-8-17(10-12-5-6-12)15(18)14-9-13(21(16,19)20)7-4-11(14)2/h1,4,7,9,12H,5-6,8,10H2,2H3. The molecule has 1 amide bonds. The van der Waals surface area contributed by atoms with Gasteiger partial charge in [0.2, 0.25) is 0 Å². The zero-order valence-electron chi connectivity index (χ0n) is 11.7. The van der Waals surface area contributed by atoms with Gasteiger partial charge in [-0.2, -0.15) is 0 Å². The molecule has 1 fully saturated rings. The summed E-state index contributed by atoms with van der Waals surface area (Å²) in [5.41, 5.74) is 1.02. The van der Waals surface area contributed by atoms with Crippen LogP contribution in [-0.4, -0.2) is 32.3 Å². The molecule has 1 saturated carbocycles. The summed E-state index contributed by atoms with van der Waals surface area (Å²) in [4.78, 5) is 14.1. The predicted molar refractivity (Wildman–Crippen MR) is 81.7 cm³/mol. The minimum absolute atomic E-state index is 0.0785. The van der Waals surface area contributed by atoms with Gasteiger partial charge >= 0.3 is 0 Å². The molecule has 4 nitrogen and oxygen atoms in total. The highest BCUT2D eigenvalue weighted by molar-refractivity contribution is 8.13. The van der Waals surface area contributed by atoms with Crippen LogP contribution in [0.3, 0.4) is 0 Å². The number of aryl methyl sites for hydroxylation is 1. The summed E-state index contributed by atoms with van der Waals surface area (Å²) < 4.78 is 22.8. The molecule has 0 aromatic heterocycles. The molecule has 1 aliphatic rings. The number of carbonyl (C=O) groups excluding carboxylic acids is 1. The molecular formula is C15H16ClNO3S. The van der Waals surface area contributed by atoms with E-state index in [0.717, 1.165) is 12.8 Å². The lowest BCUT2D eigenvalue weighted by Crippen LogP contribution is -2.33. The number of terminal acetylenes is 1. The molecule has 0 aliphatic heterocycles. The fraction of sp³-hybridized carbons (Fsp3) is 0.400. The van der Waals surface area contributed by atoms with Crippen molar-refractivity contribution < 1.29 is 13.2 Å². The minimum Gasteiger partial charge on any atom is -0.327 e. The molecule has 0 unspecified atom stereocenters. The third-order valence-corrected chi connectivity index (χ3v) is 4.82. The van der Waals surface area contributed by atoms with Crippen molar-refractivity contribution in [3.63, 3.8) is 0 Å². The lowest BCUT2D eigenvalue weighted by atomic mass is 10.1. The second-order valence-electron chi connectivity index (χ2n) is 5.25. The number of carbonyl (C=O) groups is 1. The molecule has 0 spiro atoms. The van der Waals surface area contributed by atoms with E-state index in [-0.39, 0.29) is 17.3 Å². The van der Waals surface area contributed by atoms with Gasteiger partial charge in [0, 0.05) is 22.8 Å². The summed E-state index contributed by atoms with van der Waals surface area (Å²) in [7, 11) is 1.47. The number of hydrogen-bond acceptors (Lipinski definition) is 3. The van der Waals surface area contributed by atoms with Crippen LogP contribution < -0.4 is 0 Å². The molecule has 21 heavy (non-hydrogen) atoms. The summed E-state index contributed by atoms with van der Waals surface area (Å²) in [5, 5.41) is 0. The molecule has 0 heterocycles. The van der Waals surface area contributed by atoms with Gasteiger partial charge in [0.1, 0.15) is 0 Å². The van der Waals surface area contributed by atoms with E-state index in [1.807, 2.05) is 0 Å². The number of benzene rings is 1. The molecule has 0 atom stereocenters. The van der Waals surface area contributed by atoms with Crippen LogP contribution in [-0.2, 0) is 9.05 Å². The van der Waals surface area contributed by atoms with E-state index in [0.29, 0.717) is 23.6 Å². The molecule has 0 N–H and O–H groups in total. The van der Waals surface area contributed by atoms with Crippen molar-refractivity contribution in [3.8, 4) is 12.3 Å². The lowest BCUT2D eigenvalue weighted by Gasteiger charge is -2.21. The van der Waals surface area contributed by atoms with E-state index < -0.39 is 9.05 Å². The second kappa shape index (κ2) is 6.08. The van der Waals surface area contributed by atoms with Gasteiger partial charge in [0.25, 0.3) is 15.0 Å². The monoisotopic (exact) mass is 325 g/mol. The van der Waals surface area contributed by atoms with Gasteiger partial charge < -0.3 is 4.90 Å². The zero-order valence-corrected chi connectivity index (χ0v) is 13.2. The molecule has 0 bridgehead atoms. The maximum atomic E-state index is 12.6. The first-order valence-corrected chi connectivity index (χ1v) is 8.92. The minimum atomic E-state index is -3.86. The van der Waals surface area contributed by atoms with Crippen LogP contribution in [0, 0.1) is 25.2 Å². The Balaban J connectivity index is 2.34. The average molecular weight is 326 g/mol. The molecular weight excluding hydrogens is 310 g/mol. The number of rotatable bonds is 5. The molecule has 1 aromatic carbocycles. The van der Waals surface area contributed by atoms with Crippen molar-refractivity contribution in [1.29, 1.82) is 0 Å². The van der Waals surface area contributed by atoms with Crippen molar-refractivity contribution in [2.24, 2.45) is 5.92 Å². The highest BCUT2D eigenvalue weighted by Crippen LogP contribution is 2.30. The van der Waals surface area contributed by atoms with Gasteiger partial charge in [-0.25, -0.2) is 8.42 Å². The Labute approximate surface area is 129 Å². The SMILES string of the molecule is C#CCN(CC1CC1)C(=O)c1cc(S(=O)(=O)Cl)ccc1C. The Morgan fingerprint density at radius 1 is 1.48 bits per heavy atom. The molecule has 2 rings (SSSR count). The fourth-order valence-corrected chi connectivity index (χ4v) is 2.87. The first-order chi connectivity index (χ1) is 9.82. The van der Waals surface area contributed by atoms with Crippen molar-refractivity contribution in [2.75, 3.05) is 13.1 Å². The van der Waals surface area contributed by atoms with Crippen LogP contribution in [0.25, 0.3) is 0 Å². The maximum Gasteiger partial charge on any atom is 0.261 e. The Morgan fingerprint density at radius 3 is 2.67 bits per heavy atom. The van der Waals surface area contributed by atoms with Gasteiger partial charge in [-0.3, -0.25) is 4.79 Å². The summed E-state index contributed by atoms with van der Waals surface area (Å²) in [5.74, 6) is 2.73. The second-order valence-corrected chi connectivity index (χ2v) is 7.81. The van der Waals surface area contributed by atoms with Crippen LogP contribution in [0.5, 0.6) is 0 Å². The fourth-order valence-electron chi connectivity index (χ4n) is 2.10. The first kappa shape index (κ1) is 15.9. The van der Waals surface area contributed by atoms with Gasteiger partial charge in [-0.1, -0.05) is 12.0 Å². The maximum absolute atomic E-state index is 12.6. The molecule has 0 saturated heterocycles. The predicted octanol–water partition coefficient (Wildman–Crippen LogP) is 2.41. The Bertz CT molecular complexity index is 702. The summed E-state index contributed by atoms with van der Waals surface area (Å²) in [6.07, 6.45) is 7.52.